The van der Waals surface area contributed by atoms with Crippen LogP contribution in [0.25, 0.3) is 21.5 Å². The summed E-state index contributed by atoms with van der Waals surface area (Å²) in [7, 11) is -3.86. The second-order valence-corrected chi connectivity index (χ2v) is 10.8. The van der Waals surface area contributed by atoms with Crippen LogP contribution in [-0.2, 0) is 16.6 Å². The minimum Gasteiger partial charge on any atom is -0.324 e. The van der Waals surface area contributed by atoms with Crippen LogP contribution >= 0.6 is 22.9 Å². The summed E-state index contributed by atoms with van der Waals surface area (Å²) in [5, 5.41) is 3.70. The molecule has 4 rings (SSSR count). The average molecular weight is 514 g/mol. The number of hydrogen-bond donors (Lipinski definition) is 1. The number of halogens is 1. The fraction of sp³-hybridized carbons (Fsp3) is 0.200. The second-order valence-electron chi connectivity index (χ2n) is 7.87. The smallest absolute Gasteiger partial charge is 0.265 e. The topological polar surface area (TPSA) is 81.1 Å². The molecule has 34 heavy (non-hydrogen) atoms. The van der Waals surface area contributed by atoms with E-state index in [-0.39, 0.29) is 5.56 Å². The van der Waals surface area contributed by atoms with Crippen LogP contribution in [0, 0.1) is 6.92 Å². The Bertz CT molecular complexity index is 1470. The van der Waals surface area contributed by atoms with E-state index >= 15 is 0 Å². The molecule has 0 fully saturated rings. The van der Waals surface area contributed by atoms with Crippen molar-refractivity contribution >= 4 is 49.9 Å². The first-order valence-corrected chi connectivity index (χ1v) is 13.6. The van der Waals surface area contributed by atoms with Crippen LogP contribution in [0.5, 0.6) is 0 Å². The number of carbonyl (C=O) groups is 1. The van der Waals surface area contributed by atoms with Crippen LogP contribution in [0.15, 0.2) is 65.4 Å². The van der Waals surface area contributed by atoms with Crippen LogP contribution in [0.3, 0.4) is 0 Å². The largest absolute Gasteiger partial charge is 0.324 e. The number of unbranched alkanes of at least 4 members (excludes halogenated alkanes) is 1. The zero-order valence-corrected chi connectivity index (χ0v) is 21.2. The SMILES string of the molecule is CCCC=CS(=O)(=O)NC(=O)c1ccc2nc(C)n(Cc3ccc(-c4cccs4)cc3Cl)c2c1. The molecule has 0 saturated heterocycles. The molecule has 0 bridgehead atoms. The van der Waals surface area contributed by atoms with Crippen LogP contribution in [-0.4, -0.2) is 23.9 Å². The number of sulfonamides is 1. The molecule has 0 spiro atoms. The van der Waals surface area contributed by atoms with Gasteiger partial charge in [0, 0.05) is 20.9 Å². The van der Waals surface area contributed by atoms with Crippen molar-refractivity contribution in [3.63, 3.8) is 0 Å². The maximum Gasteiger partial charge on any atom is 0.265 e. The molecule has 1 amide bonds. The van der Waals surface area contributed by atoms with Crippen LogP contribution in [0.4, 0.5) is 0 Å². The van der Waals surface area contributed by atoms with E-state index in [1.54, 1.807) is 29.5 Å². The van der Waals surface area contributed by atoms with Crippen LogP contribution < -0.4 is 4.72 Å². The molecule has 0 aliphatic carbocycles. The van der Waals surface area contributed by atoms with E-state index < -0.39 is 15.9 Å². The van der Waals surface area contributed by atoms with Gasteiger partial charge in [-0.15, -0.1) is 11.3 Å². The maximum atomic E-state index is 12.6. The number of carbonyl (C=O) groups excluding carboxylic acids is 1. The third kappa shape index (κ3) is 5.41. The van der Waals surface area contributed by atoms with E-state index in [4.69, 9.17) is 11.6 Å². The molecule has 0 aliphatic heterocycles. The Balaban J connectivity index is 1.61. The van der Waals surface area contributed by atoms with E-state index in [0.29, 0.717) is 23.5 Å². The lowest BCUT2D eigenvalue weighted by molar-refractivity contribution is 0.0982. The molecule has 0 saturated carbocycles. The van der Waals surface area contributed by atoms with Crippen molar-refractivity contribution in [1.82, 2.24) is 14.3 Å². The van der Waals surface area contributed by atoms with E-state index in [9.17, 15) is 13.2 Å². The molecular weight excluding hydrogens is 490 g/mol. The second kappa shape index (κ2) is 10.1. The highest BCUT2D eigenvalue weighted by Gasteiger charge is 2.16. The Morgan fingerprint density at radius 2 is 2.03 bits per heavy atom. The molecule has 0 radical (unpaired) electrons. The average Bonchev–Trinajstić information content (AvgIpc) is 3.43. The molecule has 1 N–H and O–H groups in total. The Morgan fingerprint density at radius 1 is 1.21 bits per heavy atom. The standard InChI is InChI=1S/C25H24ClN3O3S2/c1-3-4-5-13-34(31,32)28-25(30)19-10-11-22-23(15-19)29(17(2)27-22)16-20-9-8-18(14-21(20)26)24-7-6-12-33-24/h5-15H,3-4,16H2,1-2H3,(H,28,30). The molecule has 0 unspecified atom stereocenters. The highest BCUT2D eigenvalue weighted by molar-refractivity contribution is 7.92. The zero-order chi connectivity index (χ0) is 24.3. The van der Waals surface area contributed by atoms with Gasteiger partial charge in [0.15, 0.2) is 0 Å². The first kappa shape index (κ1) is 24.2. The van der Waals surface area contributed by atoms with Gasteiger partial charge >= 0.3 is 0 Å². The van der Waals surface area contributed by atoms with Crippen molar-refractivity contribution in [2.45, 2.75) is 33.2 Å². The number of fused-ring (bicyclic) bond motifs is 1. The van der Waals surface area contributed by atoms with Crippen molar-refractivity contribution in [2.75, 3.05) is 0 Å². The Hall–Kier alpha value is -2.94. The lowest BCUT2D eigenvalue weighted by Gasteiger charge is -2.11. The van der Waals surface area contributed by atoms with Gasteiger partial charge in [-0.25, -0.2) is 18.1 Å². The van der Waals surface area contributed by atoms with Gasteiger partial charge in [0.2, 0.25) is 0 Å². The third-order valence-electron chi connectivity index (χ3n) is 5.35. The summed E-state index contributed by atoms with van der Waals surface area (Å²) in [6, 6.07) is 15.0. The molecule has 4 aromatic rings. The fourth-order valence-electron chi connectivity index (χ4n) is 3.61. The highest BCUT2D eigenvalue weighted by Crippen LogP contribution is 2.30. The normalized spacial score (nSPS) is 12.0. The number of nitrogens with one attached hydrogen (secondary N) is 1. The molecular formula is C25H24ClN3O3S2. The molecule has 6 nitrogen and oxygen atoms in total. The summed E-state index contributed by atoms with van der Waals surface area (Å²) in [5.74, 6) is 0.0767. The van der Waals surface area contributed by atoms with Crippen molar-refractivity contribution in [3.8, 4) is 10.4 Å². The fourth-order valence-corrected chi connectivity index (χ4v) is 5.41. The molecule has 176 valence electrons. The molecule has 0 atom stereocenters. The quantitative estimate of drug-likeness (QED) is 0.306. The van der Waals surface area contributed by atoms with Gasteiger partial charge in [0.25, 0.3) is 15.9 Å². The number of amides is 1. The number of rotatable bonds is 8. The molecule has 2 aromatic heterocycles. The van der Waals surface area contributed by atoms with Crippen molar-refractivity contribution < 1.29 is 13.2 Å². The minimum absolute atomic E-state index is 0.236. The van der Waals surface area contributed by atoms with Gasteiger partial charge in [-0.3, -0.25) is 4.79 Å². The van der Waals surface area contributed by atoms with Crippen LogP contribution in [0.1, 0.15) is 41.5 Å². The summed E-state index contributed by atoms with van der Waals surface area (Å²) >= 11 is 8.26. The molecule has 0 aliphatic rings. The van der Waals surface area contributed by atoms with Crippen molar-refractivity contribution in [2.24, 2.45) is 0 Å². The van der Waals surface area contributed by atoms with Crippen molar-refractivity contribution in [1.29, 1.82) is 0 Å². The monoisotopic (exact) mass is 513 g/mol. The third-order valence-corrected chi connectivity index (χ3v) is 7.65. The maximum absolute atomic E-state index is 12.6. The Labute approximate surface area is 208 Å². The van der Waals surface area contributed by atoms with E-state index in [0.717, 1.165) is 39.2 Å². The molecule has 9 heteroatoms. The van der Waals surface area contributed by atoms with E-state index in [1.165, 1.54) is 6.08 Å². The van der Waals surface area contributed by atoms with Gasteiger partial charge in [-0.05, 0) is 60.2 Å². The number of aryl methyl sites for hydroxylation is 1. The van der Waals surface area contributed by atoms with E-state index in [2.05, 4.69) is 15.8 Å². The number of aromatic nitrogens is 2. The predicted molar refractivity (Wildman–Crippen MR) is 139 cm³/mol. The summed E-state index contributed by atoms with van der Waals surface area (Å²) in [6.07, 6.45) is 2.97. The van der Waals surface area contributed by atoms with Gasteiger partial charge in [-0.2, -0.15) is 0 Å². The summed E-state index contributed by atoms with van der Waals surface area (Å²) in [5.41, 5.74) is 3.65. The highest BCUT2D eigenvalue weighted by atomic mass is 35.5. The lowest BCUT2D eigenvalue weighted by atomic mass is 10.1. The summed E-state index contributed by atoms with van der Waals surface area (Å²) in [4.78, 5) is 18.4. The zero-order valence-electron chi connectivity index (χ0n) is 18.8. The number of thiophene rings is 1. The molecule has 2 heterocycles. The van der Waals surface area contributed by atoms with Gasteiger partial charge in [-0.1, -0.05) is 49.2 Å². The minimum atomic E-state index is -3.86. The van der Waals surface area contributed by atoms with Crippen molar-refractivity contribution in [3.05, 3.63) is 87.4 Å². The Kier molecular flexibility index (Phi) is 7.21. The Morgan fingerprint density at radius 3 is 2.74 bits per heavy atom. The number of benzene rings is 2. The first-order valence-electron chi connectivity index (χ1n) is 10.8. The summed E-state index contributed by atoms with van der Waals surface area (Å²) in [6.45, 7) is 4.30. The summed E-state index contributed by atoms with van der Waals surface area (Å²) < 4.78 is 28.4. The number of imidazole rings is 1. The van der Waals surface area contributed by atoms with Gasteiger partial charge in [0.1, 0.15) is 5.82 Å². The lowest BCUT2D eigenvalue weighted by Crippen LogP contribution is -2.28. The number of hydrogen-bond acceptors (Lipinski definition) is 5. The molecule has 2 aromatic carbocycles. The van der Waals surface area contributed by atoms with Gasteiger partial charge in [0.05, 0.1) is 17.6 Å². The predicted octanol–water partition coefficient (Wildman–Crippen LogP) is 6.15. The van der Waals surface area contributed by atoms with E-state index in [1.807, 2.05) is 48.1 Å². The number of nitrogens with zero attached hydrogens (tertiary/aromatic N) is 2. The number of allylic oxidation sites excluding steroid dienone is 1. The first-order chi connectivity index (χ1) is 16.3. The van der Waals surface area contributed by atoms with Crippen LogP contribution in [0.2, 0.25) is 5.02 Å². The van der Waals surface area contributed by atoms with Gasteiger partial charge < -0.3 is 4.57 Å².